The topological polar surface area (TPSA) is 56.7 Å². The molecule has 2 N–H and O–H groups in total. The van der Waals surface area contributed by atoms with Gasteiger partial charge in [-0.2, -0.15) is 0 Å². The Bertz CT molecular complexity index is 595. The zero-order chi connectivity index (χ0) is 18.2. The van der Waals surface area contributed by atoms with Gasteiger partial charge in [0.05, 0.1) is 0 Å². The van der Waals surface area contributed by atoms with Gasteiger partial charge in [-0.3, -0.25) is 9.79 Å². The van der Waals surface area contributed by atoms with E-state index >= 15 is 0 Å². The largest absolute Gasteiger partial charge is 0.356 e. The van der Waals surface area contributed by atoms with Crippen LogP contribution >= 0.6 is 24.0 Å². The van der Waals surface area contributed by atoms with Crippen LogP contribution in [-0.2, 0) is 11.2 Å². The van der Waals surface area contributed by atoms with Crippen LogP contribution < -0.4 is 10.6 Å². The minimum absolute atomic E-state index is 0. The van der Waals surface area contributed by atoms with E-state index < -0.39 is 0 Å². The van der Waals surface area contributed by atoms with Crippen molar-refractivity contribution < 1.29 is 4.79 Å². The third-order valence-electron chi connectivity index (χ3n) is 5.30. The Kier molecular flexibility index (Phi) is 9.38. The lowest BCUT2D eigenvalue weighted by Gasteiger charge is -2.34. The molecule has 0 bridgehead atoms. The molecule has 0 unspecified atom stereocenters. The maximum Gasteiger partial charge on any atom is 0.220 e. The Labute approximate surface area is 180 Å². The first-order valence-corrected chi connectivity index (χ1v) is 10.0. The summed E-state index contributed by atoms with van der Waals surface area (Å²) in [5, 5.41) is 6.46. The molecule has 1 aliphatic carbocycles. The number of nitrogens with zero attached hydrogens (tertiary/aromatic N) is 2. The van der Waals surface area contributed by atoms with Gasteiger partial charge >= 0.3 is 0 Å². The van der Waals surface area contributed by atoms with Crippen molar-refractivity contribution >= 4 is 35.8 Å². The predicted octanol–water partition coefficient (Wildman–Crippen LogP) is 3.19. The number of nitrogens with one attached hydrogen (secondary N) is 2. The van der Waals surface area contributed by atoms with E-state index in [1.165, 1.54) is 24.8 Å². The Morgan fingerprint density at radius 2 is 1.85 bits per heavy atom. The molecular weight excluding hydrogens is 451 g/mol. The number of carbonyl (C=O) groups is 1. The molecule has 150 valence electrons. The number of carbonyl (C=O) groups excluding carboxylic acids is 1. The fraction of sp³-hybridized carbons (Fsp3) is 0.619. The number of amides is 1. The predicted molar refractivity (Wildman–Crippen MR) is 122 cm³/mol. The van der Waals surface area contributed by atoms with Crippen LogP contribution in [-0.4, -0.2) is 49.5 Å². The third kappa shape index (κ3) is 7.68. The van der Waals surface area contributed by atoms with Gasteiger partial charge in [-0.1, -0.05) is 30.3 Å². The molecule has 6 heteroatoms. The molecule has 1 amide bonds. The zero-order valence-electron chi connectivity index (χ0n) is 16.3. The Morgan fingerprint density at radius 1 is 1.15 bits per heavy atom. The molecule has 2 fully saturated rings. The lowest BCUT2D eigenvalue weighted by Crippen LogP contribution is -2.46. The maximum absolute atomic E-state index is 11.7. The molecule has 0 radical (unpaired) electrons. The standard InChI is InChI=1S/C21H32N4O.HI/c1-22-21(23-13-5-8-20(26)24-19-9-10-19)25-14-11-18(12-15-25)16-17-6-3-2-4-7-17;/h2-4,6-7,18-19H,5,8-16H2,1H3,(H,22,23)(H,24,26);1H. The minimum Gasteiger partial charge on any atom is -0.356 e. The number of piperidine rings is 1. The van der Waals surface area contributed by atoms with Gasteiger partial charge in [0.1, 0.15) is 0 Å². The highest BCUT2D eigenvalue weighted by Crippen LogP contribution is 2.21. The van der Waals surface area contributed by atoms with Crippen LogP contribution in [0.2, 0.25) is 0 Å². The van der Waals surface area contributed by atoms with Gasteiger partial charge in [0.15, 0.2) is 5.96 Å². The van der Waals surface area contributed by atoms with E-state index in [9.17, 15) is 4.79 Å². The summed E-state index contributed by atoms with van der Waals surface area (Å²) in [6, 6.07) is 11.2. The lowest BCUT2D eigenvalue weighted by atomic mass is 9.90. The number of halogens is 1. The lowest BCUT2D eigenvalue weighted by molar-refractivity contribution is -0.121. The third-order valence-corrected chi connectivity index (χ3v) is 5.30. The minimum atomic E-state index is 0. The van der Waals surface area contributed by atoms with E-state index in [2.05, 4.69) is 50.9 Å². The fourth-order valence-electron chi connectivity index (χ4n) is 3.61. The van der Waals surface area contributed by atoms with Gasteiger partial charge in [0.2, 0.25) is 5.91 Å². The zero-order valence-corrected chi connectivity index (χ0v) is 18.7. The number of hydrogen-bond acceptors (Lipinski definition) is 2. The normalized spacial score (nSPS) is 18.0. The van der Waals surface area contributed by atoms with Crippen LogP contribution in [0.3, 0.4) is 0 Å². The summed E-state index contributed by atoms with van der Waals surface area (Å²) in [6.07, 6.45) is 7.34. The van der Waals surface area contributed by atoms with Crippen LogP contribution in [0, 0.1) is 5.92 Å². The van der Waals surface area contributed by atoms with Crippen LogP contribution in [0.15, 0.2) is 35.3 Å². The number of benzene rings is 1. The number of likely N-dealkylation sites (tertiary alicyclic amines) is 1. The van der Waals surface area contributed by atoms with Crippen molar-refractivity contribution in [1.29, 1.82) is 0 Å². The summed E-state index contributed by atoms with van der Waals surface area (Å²) in [7, 11) is 1.85. The number of aliphatic imine (C=N–C) groups is 1. The highest BCUT2D eigenvalue weighted by Gasteiger charge is 2.23. The first-order chi connectivity index (χ1) is 12.7. The van der Waals surface area contributed by atoms with Crippen molar-refractivity contribution in [1.82, 2.24) is 15.5 Å². The Hall–Kier alpha value is -1.31. The molecule has 1 aromatic carbocycles. The van der Waals surface area contributed by atoms with Crippen molar-refractivity contribution in [2.75, 3.05) is 26.7 Å². The van der Waals surface area contributed by atoms with Crippen molar-refractivity contribution in [2.45, 2.75) is 51.0 Å². The van der Waals surface area contributed by atoms with Crippen molar-refractivity contribution in [3.8, 4) is 0 Å². The first-order valence-electron chi connectivity index (χ1n) is 10.0. The van der Waals surface area contributed by atoms with Crippen molar-refractivity contribution in [3.63, 3.8) is 0 Å². The van der Waals surface area contributed by atoms with E-state index in [1.807, 2.05) is 7.05 Å². The molecule has 5 nitrogen and oxygen atoms in total. The average molecular weight is 484 g/mol. The molecule has 0 spiro atoms. The summed E-state index contributed by atoms with van der Waals surface area (Å²) in [5.74, 6) is 1.93. The summed E-state index contributed by atoms with van der Waals surface area (Å²) >= 11 is 0. The van der Waals surface area contributed by atoms with Crippen molar-refractivity contribution in [2.24, 2.45) is 10.9 Å². The van der Waals surface area contributed by atoms with Crippen LogP contribution in [0.5, 0.6) is 0 Å². The number of rotatable bonds is 7. The van der Waals surface area contributed by atoms with Gasteiger partial charge < -0.3 is 15.5 Å². The van der Waals surface area contributed by atoms with E-state index in [-0.39, 0.29) is 29.9 Å². The Balaban J connectivity index is 0.00000261. The fourth-order valence-corrected chi connectivity index (χ4v) is 3.61. The van der Waals surface area contributed by atoms with E-state index in [0.29, 0.717) is 12.5 Å². The van der Waals surface area contributed by atoms with Gasteiger partial charge in [0.25, 0.3) is 0 Å². The average Bonchev–Trinajstić information content (AvgIpc) is 3.47. The smallest absolute Gasteiger partial charge is 0.220 e. The molecule has 1 saturated heterocycles. The molecule has 0 aromatic heterocycles. The molecule has 3 rings (SSSR count). The summed E-state index contributed by atoms with van der Waals surface area (Å²) in [6.45, 7) is 2.91. The summed E-state index contributed by atoms with van der Waals surface area (Å²) < 4.78 is 0. The van der Waals surface area contributed by atoms with Crippen LogP contribution in [0.25, 0.3) is 0 Å². The second-order valence-corrected chi connectivity index (χ2v) is 7.54. The molecule has 27 heavy (non-hydrogen) atoms. The van der Waals surface area contributed by atoms with Gasteiger partial charge in [-0.25, -0.2) is 0 Å². The summed E-state index contributed by atoms with van der Waals surface area (Å²) in [4.78, 5) is 18.5. The van der Waals surface area contributed by atoms with Gasteiger partial charge in [-0.05, 0) is 50.0 Å². The molecule has 1 heterocycles. The maximum atomic E-state index is 11.7. The number of hydrogen-bond donors (Lipinski definition) is 2. The highest BCUT2D eigenvalue weighted by atomic mass is 127. The van der Waals surface area contributed by atoms with Gasteiger partial charge in [0, 0.05) is 39.1 Å². The second-order valence-electron chi connectivity index (χ2n) is 7.54. The first kappa shape index (κ1) is 22.0. The SMILES string of the molecule is CN=C(NCCCC(=O)NC1CC1)N1CCC(Cc2ccccc2)CC1.I. The highest BCUT2D eigenvalue weighted by molar-refractivity contribution is 14.0. The van der Waals surface area contributed by atoms with E-state index in [4.69, 9.17) is 0 Å². The summed E-state index contributed by atoms with van der Waals surface area (Å²) in [5.41, 5.74) is 1.44. The van der Waals surface area contributed by atoms with Crippen LogP contribution in [0.4, 0.5) is 0 Å². The van der Waals surface area contributed by atoms with Crippen molar-refractivity contribution in [3.05, 3.63) is 35.9 Å². The Morgan fingerprint density at radius 3 is 2.48 bits per heavy atom. The molecular formula is C21H33IN4O. The molecule has 1 aliphatic heterocycles. The molecule has 0 atom stereocenters. The van der Waals surface area contributed by atoms with Crippen LogP contribution in [0.1, 0.15) is 44.1 Å². The second kappa shape index (κ2) is 11.5. The molecule has 2 aliphatic rings. The monoisotopic (exact) mass is 484 g/mol. The van der Waals surface area contributed by atoms with E-state index in [0.717, 1.165) is 50.8 Å². The molecule has 1 saturated carbocycles. The molecule has 1 aromatic rings. The van der Waals surface area contributed by atoms with E-state index in [1.54, 1.807) is 0 Å². The number of guanidine groups is 1. The quantitative estimate of drug-likeness (QED) is 0.271. The van der Waals surface area contributed by atoms with Gasteiger partial charge in [-0.15, -0.1) is 24.0 Å².